The molecule has 5 nitrogen and oxygen atoms in total. The van der Waals surface area contributed by atoms with Gasteiger partial charge in [-0.2, -0.15) is 0 Å². The van der Waals surface area contributed by atoms with E-state index in [-0.39, 0.29) is 17.1 Å². The smallest absolute Gasteiger partial charge is 0.255 e. The molecule has 0 aliphatic heterocycles. The highest BCUT2D eigenvalue weighted by Gasteiger charge is 2.10. The van der Waals surface area contributed by atoms with Gasteiger partial charge in [-0.25, -0.2) is 8.78 Å². The Hall–Kier alpha value is -2.96. The summed E-state index contributed by atoms with van der Waals surface area (Å²) in [6.45, 7) is 0. The van der Waals surface area contributed by atoms with Crippen LogP contribution in [0.1, 0.15) is 15.9 Å². The Balaban J connectivity index is 2.24. The first-order valence-corrected chi connectivity index (χ1v) is 5.85. The van der Waals surface area contributed by atoms with Gasteiger partial charge in [0, 0.05) is 22.9 Å². The monoisotopic (exact) mass is 291 g/mol. The van der Waals surface area contributed by atoms with Gasteiger partial charge >= 0.3 is 0 Å². The number of amidine groups is 1. The lowest BCUT2D eigenvalue weighted by atomic mass is 10.1. The molecule has 0 spiro atoms. The van der Waals surface area contributed by atoms with Gasteiger partial charge in [-0.05, 0) is 24.3 Å². The number of rotatable bonds is 3. The minimum Gasteiger partial charge on any atom is -0.409 e. The Bertz CT molecular complexity index is 697. The largest absolute Gasteiger partial charge is 0.409 e. The highest BCUT2D eigenvalue weighted by atomic mass is 19.1. The predicted octanol–water partition coefficient (Wildman–Crippen LogP) is 2.31. The minimum absolute atomic E-state index is 0.00768. The fourth-order valence-electron chi connectivity index (χ4n) is 1.71. The second kappa shape index (κ2) is 6.00. The van der Waals surface area contributed by atoms with Crippen LogP contribution in [0.2, 0.25) is 0 Å². The van der Waals surface area contributed by atoms with E-state index in [1.807, 2.05) is 0 Å². The quantitative estimate of drug-likeness (QED) is 0.351. The molecule has 2 rings (SSSR count). The fourth-order valence-corrected chi connectivity index (χ4v) is 1.71. The van der Waals surface area contributed by atoms with Gasteiger partial charge in [0.05, 0.1) is 0 Å². The highest BCUT2D eigenvalue weighted by molar-refractivity contribution is 6.06. The predicted molar refractivity (Wildman–Crippen MR) is 73.3 cm³/mol. The molecule has 7 heteroatoms. The van der Waals surface area contributed by atoms with E-state index in [9.17, 15) is 13.6 Å². The first-order chi connectivity index (χ1) is 9.99. The Morgan fingerprint density at radius 2 is 1.71 bits per heavy atom. The highest BCUT2D eigenvalue weighted by Crippen LogP contribution is 2.14. The van der Waals surface area contributed by atoms with Crippen molar-refractivity contribution in [2.75, 3.05) is 5.32 Å². The molecule has 2 aromatic carbocycles. The molecule has 21 heavy (non-hydrogen) atoms. The van der Waals surface area contributed by atoms with Crippen molar-refractivity contribution in [2.24, 2.45) is 10.9 Å². The standard InChI is InChI=1S/C14H11F2N3O2/c15-10-5-11(16)7-12(6-10)18-14(20)9-3-1-2-8(4-9)13(17)19-21/h1-7,21H,(H2,17,19)(H,18,20). The molecule has 0 aliphatic carbocycles. The van der Waals surface area contributed by atoms with Gasteiger partial charge in [0.25, 0.3) is 5.91 Å². The van der Waals surface area contributed by atoms with Gasteiger partial charge in [-0.15, -0.1) is 0 Å². The van der Waals surface area contributed by atoms with Crippen LogP contribution in [0.25, 0.3) is 0 Å². The van der Waals surface area contributed by atoms with Crippen LogP contribution < -0.4 is 11.1 Å². The van der Waals surface area contributed by atoms with E-state index in [2.05, 4.69) is 10.5 Å². The maximum Gasteiger partial charge on any atom is 0.255 e. The van der Waals surface area contributed by atoms with Crippen LogP contribution in [0.5, 0.6) is 0 Å². The van der Waals surface area contributed by atoms with Crippen molar-refractivity contribution in [1.29, 1.82) is 0 Å². The van der Waals surface area contributed by atoms with Crippen LogP contribution in [-0.2, 0) is 0 Å². The summed E-state index contributed by atoms with van der Waals surface area (Å²) >= 11 is 0. The van der Waals surface area contributed by atoms with Crippen molar-refractivity contribution in [3.8, 4) is 0 Å². The molecule has 4 N–H and O–H groups in total. The number of carbonyl (C=O) groups is 1. The van der Waals surface area contributed by atoms with Crippen molar-refractivity contribution in [3.05, 3.63) is 65.2 Å². The third-order valence-corrected chi connectivity index (χ3v) is 2.65. The molecular formula is C14H11F2N3O2. The number of hydrogen-bond donors (Lipinski definition) is 3. The van der Waals surface area contributed by atoms with Crippen LogP contribution in [0.3, 0.4) is 0 Å². The fraction of sp³-hybridized carbons (Fsp3) is 0. The Morgan fingerprint density at radius 3 is 2.33 bits per heavy atom. The van der Waals surface area contributed by atoms with Crippen molar-refractivity contribution in [1.82, 2.24) is 0 Å². The molecule has 0 heterocycles. The maximum absolute atomic E-state index is 13.0. The van der Waals surface area contributed by atoms with Gasteiger partial charge in [-0.1, -0.05) is 17.3 Å². The number of anilines is 1. The summed E-state index contributed by atoms with van der Waals surface area (Å²) in [5.74, 6) is -2.32. The molecule has 108 valence electrons. The Kier molecular flexibility index (Phi) is 4.13. The van der Waals surface area contributed by atoms with E-state index in [0.29, 0.717) is 11.6 Å². The average Bonchev–Trinajstić information content (AvgIpc) is 2.45. The zero-order chi connectivity index (χ0) is 15.4. The molecule has 0 saturated carbocycles. The molecule has 1 amide bonds. The first-order valence-electron chi connectivity index (χ1n) is 5.85. The lowest BCUT2D eigenvalue weighted by molar-refractivity contribution is 0.102. The summed E-state index contributed by atoms with van der Waals surface area (Å²) in [5.41, 5.74) is 5.96. The van der Waals surface area contributed by atoms with Crippen molar-refractivity contribution >= 4 is 17.4 Å². The van der Waals surface area contributed by atoms with E-state index >= 15 is 0 Å². The molecule has 0 aliphatic rings. The molecular weight excluding hydrogens is 280 g/mol. The maximum atomic E-state index is 13.0. The van der Waals surface area contributed by atoms with Gasteiger partial charge < -0.3 is 16.3 Å². The lowest BCUT2D eigenvalue weighted by Gasteiger charge is -2.07. The number of hydrogen-bond acceptors (Lipinski definition) is 3. The topological polar surface area (TPSA) is 87.7 Å². The third kappa shape index (κ3) is 3.53. The second-order valence-corrected chi connectivity index (χ2v) is 4.18. The van der Waals surface area contributed by atoms with Crippen LogP contribution >= 0.6 is 0 Å². The van der Waals surface area contributed by atoms with Gasteiger partial charge in [-0.3, -0.25) is 4.79 Å². The molecule has 0 radical (unpaired) electrons. The van der Waals surface area contributed by atoms with E-state index in [0.717, 1.165) is 12.1 Å². The number of halogens is 2. The van der Waals surface area contributed by atoms with E-state index in [1.165, 1.54) is 18.2 Å². The third-order valence-electron chi connectivity index (χ3n) is 2.65. The van der Waals surface area contributed by atoms with Gasteiger partial charge in [0.1, 0.15) is 11.6 Å². The molecule has 0 atom stereocenters. The van der Waals surface area contributed by atoms with Crippen molar-refractivity contribution in [2.45, 2.75) is 0 Å². The number of nitrogens with two attached hydrogens (primary N) is 1. The van der Waals surface area contributed by atoms with Crippen molar-refractivity contribution < 1.29 is 18.8 Å². The van der Waals surface area contributed by atoms with E-state index < -0.39 is 17.5 Å². The second-order valence-electron chi connectivity index (χ2n) is 4.18. The number of nitrogens with zero attached hydrogens (tertiary/aromatic N) is 1. The number of amides is 1. The zero-order valence-corrected chi connectivity index (χ0v) is 10.7. The van der Waals surface area contributed by atoms with Crippen LogP contribution in [-0.4, -0.2) is 17.0 Å². The normalized spacial score (nSPS) is 11.2. The first kappa shape index (κ1) is 14.4. The number of carbonyl (C=O) groups excluding carboxylic acids is 1. The van der Waals surface area contributed by atoms with Crippen molar-refractivity contribution in [3.63, 3.8) is 0 Å². The molecule has 0 fully saturated rings. The zero-order valence-electron chi connectivity index (χ0n) is 10.7. The molecule has 0 unspecified atom stereocenters. The van der Waals surface area contributed by atoms with E-state index in [1.54, 1.807) is 6.07 Å². The minimum atomic E-state index is -0.796. The number of benzene rings is 2. The molecule has 2 aromatic rings. The SMILES string of the molecule is N/C(=N\O)c1cccc(C(=O)Nc2cc(F)cc(F)c2)c1. The molecule has 0 bridgehead atoms. The van der Waals surface area contributed by atoms with Gasteiger partial charge in [0.15, 0.2) is 5.84 Å². The van der Waals surface area contributed by atoms with Crippen LogP contribution in [0, 0.1) is 11.6 Å². The summed E-state index contributed by atoms with van der Waals surface area (Å²) in [6, 6.07) is 8.65. The molecule has 0 aromatic heterocycles. The average molecular weight is 291 g/mol. The summed E-state index contributed by atoms with van der Waals surface area (Å²) in [7, 11) is 0. The number of nitrogens with one attached hydrogen (secondary N) is 1. The Morgan fingerprint density at radius 1 is 1.10 bits per heavy atom. The Labute approximate surface area is 118 Å². The molecule has 0 saturated heterocycles. The summed E-state index contributed by atoms with van der Waals surface area (Å²) in [4.78, 5) is 12.0. The lowest BCUT2D eigenvalue weighted by Crippen LogP contribution is -2.16. The summed E-state index contributed by atoms with van der Waals surface area (Å²) in [6.07, 6.45) is 0. The van der Waals surface area contributed by atoms with Crippen LogP contribution in [0.4, 0.5) is 14.5 Å². The van der Waals surface area contributed by atoms with E-state index in [4.69, 9.17) is 10.9 Å². The summed E-state index contributed by atoms with van der Waals surface area (Å²) < 4.78 is 26.1. The summed E-state index contributed by atoms with van der Waals surface area (Å²) in [5, 5.41) is 13.8. The van der Waals surface area contributed by atoms with Gasteiger partial charge in [0.2, 0.25) is 0 Å². The van der Waals surface area contributed by atoms with Crippen LogP contribution in [0.15, 0.2) is 47.6 Å². The number of oxime groups is 1.